The highest BCUT2D eigenvalue weighted by atomic mass is 16.2. The van der Waals surface area contributed by atoms with Crippen molar-refractivity contribution in [1.82, 2.24) is 9.97 Å². The molecule has 92 valence electrons. The third kappa shape index (κ3) is 3.19. The Morgan fingerprint density at radius 1 is 1.71 bits per heavy atom. The molecule has 4 nitrogen and oxygen atoms in total. The molecule has 0 spiro atoms. The Morgan fingerprint density at radius 3 is 3.00 bits per heavy atom. The smallest absolute Gasteiger partial charge is 0.229 e. The number of allylic oxidation sites excluding steroid dienone is 1. The molecule has 1 amide bonds. The van der Waals surface area contributed by atoms with Crippen LogP contribution in [-0.4, -0.2) is 15.9 Å². The first-order valence-corrected chi connectivity index (χ1v) is 6.06. The van der Waals surface area contributed by atoms with Crippen molar-refractivity contribution in [2.75, 3.05) is 5.32 Å². The summed E-state index contributed by atoms with van der Waals surface area (Å²) >= 11 is 0. The number of carbonyl (C=O) groups is 1. The summed E-state index contributed by atoms with van der Waals surface area (Å²) in [7, 11) is 0. The standard InChI is InChI=1S/C13H19N3O/c1-8(2)6-9(3)12(17)16-13-14-7-11(15-13)10-4-5-10/h7,9-10H,1,4-6H2,2-3H3,(H2,14,15,16,17). The van der Waals surface area contributed by atoms with E-state index in [4.69, 9.17) is 0 Å². The zero-order chi connectivity index (χ0) is 12.4. The van der Waals surface area contributed by atoms with Gasteiger partial charge in [-0.05, 0) is 26.2 Å². The number of hydrogen-bond donors (Lipinski definition) is 2. The predicted molar refractivity (Wildman–Crippen MR) is 67.8 cm³/mol. The van der Waals surface area contributed by atoms with Gasteiger partial charge in [0.1, 0.15) is 0 Å². The molecule has 1 aliphatic carbocycles. The maximum Gasteiger partial charge on any atom is 0.229 e. The van der Waals surface area contributed by atoms with Gasteiger partial charge in [0.25, 0.3) is 0 Å². The highest BCUT2D eigenvalue weighted by Gasteiger charge is 2.25. The summed E-state index contributed by atoms with van der Waals surface area (Å²) in [6, 6.07) is 0. The third-order valence-corrected chi connectivity index (χ3v) is 2.96. The van der Waals surface area contributed by atoms with Crippen molar-refractivity contribution in [3.05, 3.63) is 24.0 Å². The lowest BCUT2D eigenvalue weighted by atomic mass is 10.0. The number of imidazole rings is 1. The van der Waals surface area contributed by atoms with E-state index >= 15 is 0 Å². The molecule has 1 saturated carbocycles. The summed E-state index contributed by atoms with van der Waals surface area (Å²) in [5, 5.41) is 2.80. The molecule has 0 saturated heterocycles. The van der Waals surface area contributed by atoms with E-state index in [0.29, 0.717) is 18.3 Å². The highest BCUT2D eigenvalue weighted by Crippen LogP contribution is 2.39. The number of rotatable bonds is 5. The predicted octanol–water partition coefficient (Wildman–Crippen LogP) is 2.83. The van der Waals surface area contributed by atoms with E-state index in [2.05, 4.69) is 21.9 Å². The quantitative estimate of drug-likeness (QED) is 0.768. The maximum atomic E-state index is 11.8. The SMILES string of the molecule is C=C(C)CC(C)C(=O)Nc1ncc(C2CC2)[nH]1. The van der Waals surface area contributed by atoms with Gasteiger partial charge < -0.3 is 4.98 Å². The van der Waals surface area contributed by atoms with Gasteiger partial charge in [-0.25, -0.2) is 4.98 Å². The van der Waals surface area contributed by atoms with Crippen LogP contribution in [-0.2, 0) is 4.79 Å². The Morgan fingerprint density at radius 2 is 2.41 bits per heavy atom. The van der Waals surface area contributed by atoms with Crippen LogP contribution in [0.4, 0.5) is 5.95 Å². The minimum absolute atomic E-state index is 0.00954. The highest BCUT2D eigenvalue weighted by molar-refractivity contribution is 5.90. The van der Waals surface area contributed by atoms with Crippen molar-refractivity contribution >= 4 is 11.9 Å². The minimum Gasteiger partial charge on any atom is -0.328 e. The maximum absolute atomic E-state index is 11.8. The molecule has 1 unspecified atom stereocenters. The molecular weight excluding hydrogens is 214 g/mol. The van der Waals surface area contributed by atoms with Crippen molar-refractivity contribution in [2.24, 2.45) is 5.92 Å². The van der Waals surface area contributed by atoms with Crippen LogP contribution in [0, 0.1) is 5.92 Å². The van der Waals surface area contributed by atoms with Crippen LogP contribution < -0.4 is 5.32 Å². The number of H-pyrrole nitrogens is 1. The summed E-state index contributed by atoms with van der Waals surface area (Å²) in [5.74, 6) is 1.11. The molecule has 1 aliphatic rings. The van der Waals surface area contributed by atoms with Crippen molar-refractivity contribution in [1.29, 1.82) is 0 Å². The number of hydrogen-bond acceptors (Lipinski definition) is 2. The molecular formula is C13H19N3O. The first kappa shape index (κ1) is 11.9. The van der Waals surface area contributed by atoms with Crippen LogP contribution in [0.1, 0.15) is 44.7 Å². The van der Waals surface area contributed by atoms with Crippen molar-refractivity contribution in [3.8, 4) is 0 Å². The van der Waals surface area contributed by atoms with Crippen LogP contribution in [0.5, 0.6) is 0 Å². The van der Waals surface area contributed by atoms with Gasteiger partial charge in [0.2, 0.25) is 11.9 Å². The van der Waals surface area contributed by atoms with Gasteiger partial charge >= 0.3 is 0 Å². The van der Waals surface area contributed by atoms with Gasteiger partial charge in [-0.1, -0.05) is 12.5 Å². The van der Waals surface area contributed by atoms with E-state index in [0.717, 1.165) is 11.3 Å². The molecule has 4 heteroatoms. The first-order chi connectivity index (χ1) is 8.06. The van der Waals surface area contributed by atoms with Crippen LogP contribution in [0.15, 0.2) is 18.3 Å². The zero-order valence-electron chi connectivity index (χ0n) is 10.4. The van der Waals surface area contributed by atoms with E-state index in [9.17, 15) is 4.79 Å². The lowest BCUT2D eigenvalue weighted by molar-refractivity contribution is -0.119. The topological polar surface area (TPSA) is 57.8 Å². The second-order valence-corrected chi connectivity index (χ2v) is 5.01. The minimum atomic E-state index is -0.0676. The van der Waals surface area contributed by atoms with Crippen LogP contribution in [0.2, 0.25) is 0 Å². The molecule has 1 atom stereocenters. The third-order valence-electron chi connectivity index (χ3n) is 2.96. The van der Waals surface area contributed by atoms with Gasteiger partial charge in [0.05, 0.1) is 6.20 Å². The molecule has 1 aromatic rings. The van der Waals surface area contributed by atoms with E-state index in [1.807, 2.05) is 20.0 Å². The first-order valence-electron chi connectivity index (χ1n) is 6.06. The number of nitrogens with one attached hydrogen (secondary N) is 2. The zero-order valence-corrected chi connectivity index (χ0v) is 10.4. The number of amides is 1. The van der Waals surface area contributed by atoms with E-state index in [-0.39, 0.29) is 11.8 Å². The van der Waals surface area contributed by atoms with Crippen LogP contribution in [0.25, 0.3) is 0 Å². The Labute approximate surface area is 102 Å². The summed E-state index contributed by atoms with van der Waals surface area (Å²) in [6.07, 6.45) is 4.97. The average molecular weight is 233 g/mol. The molecule has 0 aliphatic heterocycles. The van der Waals surface area contributed by atoms with Gasteiger partial charge in [-0.15, -0.1) is 6.58 Å². The lowest BCUT2D eigenvalue weighted by Crippen LogP contribution is -2.21. The molecule has 1 heterocycles. The molecule has 1 fully saturated rings. The Bertz CT molecular complexity index is 432. The second-order valence-electron chi connectivity index (χ2n) is 5.01. The molecule has 0 aromatic carbocycles. The summed E-state index contributed by atoms with van der Waals surface area (Å²) in [4.78, 5) is 19.1. The largest absolute Gasteiger partial charge is 0.328 e. The van der Waals surface area contributed by atoms with Crippen LogP contribution in [0.3, 0.4) is 0 Å². The summed E-state index contributed by atoms with van der Waals surface area (Å²) in [6.45, 7) is 7.65. The van der Waals surface area contributed by atoms with Crippen LogP contribution >= 0.6 is 0 Å². The number of aromatic nitrogens is 2. The van der Waals surface area contributed by atoms with E-state index in [1.54, 1.807) is 0 Å². The van der Waals surface area contributed by atoms with Gasteiger partial charge in [0.15, 0.2) is 0 Å². The number of nitrogens with zero attached hydrogens (tertiary/aromatic N) is 1. The van der Waals surface area contributed by atoms with Gasteiger partial charge in [-0.3, -0.25) is 10.1 Å². The lowest BCUT2D eigenvalue weighted by Gasteiger charge is -2.10. The number of carbonyl (C=O) groups excluding carboxylic acids is 1. The van der Waals surface area contributed by atoms with Crippen molar-refractivity contribution in [3.63, 3.8) is 0 Å². The van der Waals surface area contributed by atoms with Gasteiger partial charge in [0, 0.05) is 17.5 Å². The number of aromatic amines is 1. The monoisotopic (exact) mass is 233 g/mol. The van der Waals surface area contributed by atoms with Crippen molar-refractivity contribution in [2.45, 2.75) is 39.0 Å². The fourth-order valence-electron chi connectivity index (χ4n) is 1.86. The Kier molecular flexibility index (Phi) is 3.31. The fourth-order valence-corrected chi connectivity index (χ4v) is 1.86. The van der Waals surface area contributed by atoms with Gasteiger partial charge in [-0.2, -0.15) is 0 Å². The molecule has 0 radical (unpaired) electrons. The molecule has 1 aromatic heterocycles. The average Bonchev–Trinajstić information content (AvgIpc) is 2.99. The fraction of sp³-hybridized carbons (Fsp3) is 0.538. The Hall–Kier alpha value is -1.58. The molecule has 17 heavy (non-hydrogen) atoms. The summed E-state index contributed by atoms with van der Waals surface area (Å²) < 4.78 is 0. The second kappa shape index (κ2) is 4.73. The van der Waals surface area contributed by atoms with E-state index < -0.39 is 0 Å². The summed E-state index contributed by atoms with van der Waals surface area (Å²) in [5.41, 5.74) is 2.15. The number of anilines is 1. The molecule has 2 N–H and O–H groups in total. The Balaban J connectivity index is 1.90. The van der Waals surface area contributed by atoms with E-state index in [1.165, 1.54) is 12.8 Å². The van der Waals surface area contributed by atoms with Crippen molar-refractivity contribution < 1.29 is 4.79 Å². The normalized spacial score (nSPS) is 16.6. The molecule has 2 rings (SSSR count). The molecule has 0 bridgehead atoms.